The Kier molecular flexibility index (Phi) is 8.55. The molecule has 4 heterocycles. The minimum atomic E-state index is -0.530. The maximum atomic E-state index is 13.5. The summed E-state index contributed by atoms with van der Waals surface area (Å²) < 4.78 is 6.93. The summed E-state index contributed by atoms with van der Waals surface area (Å²) in [6.07, 6.45) is 1.86. The first kappa shape index (κ1) is 25.8. The molecule has 2 atom stereocenters. The van der Waals surface area contributed by atoms with Crippen LogP contribution in [0.2, 0.25) is 0 Å². The number of carbonyl (C=O) groups is 2. The lowest BCUT2D eigenvalue weighted by Crippen LogP contribution is -3.00. The standard InChI is InChI=1S/C28H31N2O3S.BrH/c31-25(24-13-16-34-20-24)18-30-14-11-22(12-15-30)26(19-30)33-28(32)27(23-9-5-2-6-10-23)29-17-21-7-3-1-4-8-21;/h1-10,13,16,20,22,26-27,29H,11-12,14-15,17-19H2;1H/q+1;/p-1/t22?,26-,27?,30?;/m0./s1. The number of thiophene rings is 1. The van der Waals surface area contributed by atoms with Crippen LogP contribution in [0.15, 0.2) is 77.5 Å². The van der Waals surface area contributed by atoms with E-state index < -0.39 is 6.04 Å². The maximum Gasteiger partial charge on any atom is 0.328 e. The molecule has 2 bridgehead atoms. The molecule has 0 aliphatic carbocycles. The molecule has 1 N–H and O–H groups in total. The molecule has 3 aliphatic rings. The molecular formula is C28H31BrN2O3S. The van der Waals surface area contributed by atoms with Crippen LogP contribution in [0.3, 0.4) is 0 Å². The maximum absolute atomic E-state index is 13.5. The molecule has 0 amide bonds. The number of nitrogens with zero attached hydrogens (tertiary/aromatic N) is 1. The summed E-state index contributed by atoms with van der Waals surface area (Å²) >= 11 is 1.56. The van der Waals surface area contributed by atoms with Crippen molar-refractivity contribution in [3.8, 4) is 0 Å². The second-order valence-electron chi connectivity index (χ2n) is 9.59. The van der Waals surface area contributed by atoms with E-state index in [-0.39, 0.29) is 34.8 Å². The zero-order valence-corrected chi connectivity index (χ0v) is 22.0. The van der Waals surface area contributed by atoms with Crippen LogP contribution in [0.5, 0.6) is 0 Å². The molecule has 7 heteroatoms. The predicted molar refractivity (Wildman–Crippen MR) is 133 cm³/mol. The van der Waals surface area contributed by atoms with E-state index in [2.05, 4.69) is 5.32 Å². The van der Waals surface area contributed by atoms with E-state index in [4.69, 9.17) is 4.74 Å². The highest BCUT2D eigenvalue weighted by Gasteiger charge is 2.49. The van der Waals surface area contributed by atoms with Gasteiger partial charge in [0.15, 0.2) is 6.10 Å². The highest BCUT2D eigenvalue weighted by atomic mass is 79.9. The summed E-state index contributed by atoms with van der Waals surface area (Å²) in [4.78, 5) is 26.3. The molecule has 3 aliphatic heterocycles. The van der Waals surface area contributed by atoms with Gasteiger partial charge in [0.25, 0.3) is 0 Å². The number of Topliss-reactive ketones (excluding diaryl/α,β-unsaturated/α-hetero) is 1. The Morgan fingerprint density at radius 1 is 1.00 bits per heavy atom. The largest absolute Gasteiger partial charge is 1.00 e. The Labute approximate surface area is 221 Å². The number of rotatable bonds is 9. The van der Waals surface area contributed by atoms with Gasteiger partial charge in [-0.2, -0.15) is 11.3 Å². The lowest BCUT2D eigenvalue weighted by molar-refractivity contribution is -0.938. The monoisotopic (exact) mass is 554 g/mol. The van der Waals surface area contributed by atoms with E-state index in [1.807, 2.05) is 77.5 Å². The number of ether oxygens (including phenoxy) is 1. The molecule has 184 valence electrons. The second-order valence-corrected chi connectivity index (χ2v) is 10.4. The lowest BCUT2D eigenvalue weighted by Gasteiger charge is -2.51. The third kappa shape index (κ3) is 6.09. The van der Waals surface area contributed by atoms with Crippen molar-refractivity contribution in [2.75, 3.05) is 26.2 Å². The minimum Gasteiger partial charge on any atom is -1.00 e. The van der Waals surface area contributed by atoms with Gasteiger partial charge in [0, 0.05) is 36.2 Å². The quantitative estimate of drug-likeness (QED) is 0.248. The van der Waals surface area contributed by atoms with Crippen LogP contribution < -0.4 is 22.3 Å². The molecule has 0 spiro atoms. The van der Waals surface area contributed by atoms with Gasteiger partial charge in [0.2, 0.25) is 5.78 Å². The Hall–Kier alpha value is -2.32. The molecule has 5 nitrogen and oxygen atoms in total. The lowest BCUT2D eigenvalue weighted by atomic mass is 9.82. The summed E-state index contributed by atoms with van der Waals surface area (Å²) in [5.41, 5.74) is 2.82. The summed E-state index contributed by atoms with van der Waals surface area (Å²) in [5, 5.41) is 7.29. The van der Waals surface area contributed by atoms with E-state index >= 15 is 0 Å². The number of quaternary nitrogens is 1. The molecule has 2 aromatic carbocycles. The molecule has 3 saturated heterocycles. The van der Waals surface area contributed by atoms with Gasteiger partial charge in [0.05, 0.1) is 13.1 Å². The summed E-state index contributed by atoms with van der Waals surface area (Å²) in [7, 11) is 0. The number of hydrogen-bond acceptors (Lipinski definition) is 5. The van der Waals surface area contributed by atoms with Crippen molar-refractivity contribution in [2.45, 2.75) is 31.5 Å². The van der Waals surface area contributed by atoms with Gasteiger partial charge >= 0.3 is 5.97 Å². The summed E-state index contributed by atoms with van der Waals surface area (Å²) in [6.45, 7) is 3.78. The topological polar surface area (TPSA) is 55.4 Å². The van der Waals surface area contributed by atoms with E-state index in [0.717, 1.165) is 53.6 Å². The number of carbonyl (C=O) groups excluding carboxylic acids is 2. The van der Waals surface area contributed by atoms with Crippen LogP contribution >= 0.6 is 11.3 Å². The molecule has 0 saturated carbocycles. The summed E-state index contributed by atoms with van der Waals surface area (Å²) in [5.74, 6) is 0.340. The smallest absolute Gasteiger partial charge is 0.328 e. The number of fused-ring (bicyclic) bond motifs is 3. The molecule has 1 unspecified atom stereocenters. The van der Waals surface area contributed by atoms with Crippen molar-refractivity contribution < 1.29 is 35.8 Å². The number of ketones is 1. The van der Waals surface area contributed by atoms with Gasteiger partial charge in [-0.05, 0) is 22.6 Å². The third-order valence-electron chi connectivity index (χ3n) is 7.35. The molecule has 6 rings (SSSR count). The first-order chi connectivity index (χ1) is 16.6. The van der Waals surface area contributed by atoms with E-state index in [1.165, 1.54) is 0 Å². The van der Waals surface area contributed by atoms with Crippen LogP contribution in [0.1, 0.15) is 40.4 Å². The van der Waals surface area contributed by atoms with Gasteiger partial charge in [0.1, 0.15) is 19.1 Å². The molecular weight excluding hydrogens is 524 g/mol. The Morgan fingerprint density at radius 3 is 2.34 bits per heavy atom. The van der Waals surface area contributed by atoms with Crippen LogP contribution in [0, 0.1) is 5.92 Å². The van der Waals surface area contributed by atoms with E-state index in [9.17, 15) is 9.59 Å². The van der Waals surface area contributed by atoms with Gasteiger partial charge in [-0.15, -0.1) is 0 Å². The van der Waals surface area contributed by atoms with Crippen LogP contribution in [0.4, 0.5) is 0 Å². The first-order valence-corrected chi connectivity index (χ1v) is 13.0. The SMILES string of the molecule is O=C(C[N+]12CCC(CC1)[C@@H](OC(=O)C(NCc1ccccc1)c1ccccc1)C2)c1ccsc1.[Br-]. The van der Waals surface area contributed by atoms with Crippen LogP contribution in [-0.2, 0) is 16.1 Å². The number of hydrogen-bond donors (Lipinski definition) is 1. The molecule has 3 aromatic rings. The van der Waals surface area contributed by atoms with Crippen molar-refractivity contribution >= 4 is 23.1 Å². The average Bonchev–Trinajstić information content (AvgIpc) is 3.41. The molecule has 35 heavy (non-hydrogen) atoms. The van der Waals surface area contributed by atoms with E-state index in [0.29, 0.717) is 19.0 Å². The summed E-state index contributed by atoms with van der Waals surface area (Å²) in [6, 6.07) is 21.2. The fraction of sp³-hybridized carbons (Fsp3) is 0.357. The molecule has 0 radical (unpaired) electrons. The van der Waals surface area contributed by atoms with Crippen molar-refractivity contribution in [1.29, 1.82) is 0 Å². The van der Waals surface area contributed by atoms with Gasteiger partial charge in [-0.25, -0.2) is 4.79 Å². The Bertz CT molecular complexity index is 1100. The Morgan fingerprint density at radius 2 is 1.69 bits per heavy atom. The molecule has 1 aromatic heterocycles. The van der Waals surface area contributed by atoms with Gasteiger partial charge in [-0.1, -0.05) is 60.7 Å². The van der Waals surface area contributed by atoms with Gasteiger partial charge < -0.3 is 26.2 Å². The minimum absolute atomic E-state index is 0. The average molecular weight is 556 g/mol. The zero-order chi connectivity index (χ0) is 23.4. The zero-order valence-electron chi connectivity index (χ0n) is 19.6. The van der Waals surface area contributed by atoms with Gasteiger partial charge in [-0.3, -0.25) is 10.1 Å². The number of esters is 1. The Balaban J connectivity index is 0.00000289. The number of benzene rings is 2. The normalized spacial score (nSPS) is 23.8. The van der Waals surface area contributed by atoms with Crippen molar-refractivity contribution in [2.24, 2.45) is 5.92 Å². The van der Waals surface area contributed by atoms with Crippen LogP contribution in [-0.4, -0.2) is 48.5 Å². The third-order valence-corrected chi connectivity index (χ3v) is 8.04. The second kappa shape index (κ2) is 11.6. The fourth-order valence-corrected chi connectivity index (χ4v) is 6.07. The number of nitrogens with one attached hydrogen (secondary N) is 1. The van der Waals surface area contributed by atoms with Crippen molar-refractivity contribution in [3.63, 3.8) is 0 Å². The van der Waals surface area contributed by atoms with Crippen molar-refractivity contribution in [3.05, 3.63) is 94.2 Å². The number of piperidine rings is 3. The number of halogens is 1. The first-order valence-electron chi connectivity index (χ1n) is 12.1. The highest BCUT2D eigenvalue weighted by Crippen LogP contribution is 2.36. The van der Waals surface area contributed by atoms with E-state index in [1.54, 1.807) is 11.3 Å². The van der Waals surface area contributed by atoms with Crippen molar-refractivity contribution in [1.82, 2.24) is 5.32 Å². The predicted octanol–water partition coefficient (Wildman–Crippen LogP) is 1.62. The highest BCUT2D eigenvalue weighted by molar-refractivity contribution is 7.08. The molecule has 3 fully saturated rings. The van der Waals surface area contributed by atoms with Crippen LogP contribution in [0.25, 0.3) is 0 Å². The fourth-order valence-electron chi connectivity index (χ4n) is 5.41.